The Morgan fingerprint density at radius 2 is 1.88 bits per heavy atom. The summed E-state index contributed by atoms with van der Waals surface area (Å²) in [5, 5.41) is 9.57. The molecule has 176 valence electrons. The number of thioether (sulfide) groups is 1. The van der Waals surface area contributed by atoms with Crippen LogP contribution in [0.5, 0.6) is 11.5 Å². The summed E-state index contributed by atoms with van der Waals surface area (Å²) in [4.78, 5) is 22.3. The molecule has 0 bridgehead atoms. The lowest BCUT2D eigenvalue weighted by Crippen LogP contribution is -2.22. The van der Waals surface area contributed by atoms with Gasteiger partial charge >= 0.3 is 5.97 Å². The van der Waals surface area contributed by atoms with E-state index in [0.29, 0.717) is 34.8 Å². The van der Waals surface area contributed by atoms with E-state index in [-0.39, 0.29) is 5.76 Å². The summed E-state index contributed by atoms with van der Waals surface area (Å²) in [6, 6.07) is 10.9. The number of likely N-dealkylation sites (N-methyl/N-ethyl adjacent to an activating group) is 1. The minimum atomic E-state index is -1.09. The number of nitrogens with zero attached hydrogens (tertiary/aromatic N) is 3. The van der Waals surface area contributed by atoms with E-state index in [1.54, 1.807) is 27.4 Å². The maximum absolute atomic E-state index is 11.0. The van der Waals surface area contributed by atoms with E-state index in [0.717, 1.165) is 30.0 Å². The predicted octanol–water partition coefficient (Wildman–Crippen LogP) is 3.90. The zero-order chi connectivity index (χ0) is 23.8. The monoisotopic (exact) mass is 473 g/mol. The fourth-order valence-electron chi connectivity index (χ4n) is 3.09. The maximum atomic E-state index is 11.0. The molecule has 0 aliphatic rings. The van der Waals surface area contributed by atoms with E-state index in [2.05, 4.69) is 14.9 Å². The summed E-state index contributed by atoms with van der Waals surface area (Å²) in [7, 11) is 6.83. The first-order chi connectivity index (χ1) is 15.9. The molecule has 10 heteroatoms. The molecular formula is C23H27N3O6S. The van der Waals surface area contributed by atoms with Gasteiger partial charge in [0.1, 0.15) is 11.6 Å². The molecule has 33 heavy (non-hydrogen) atoms. The highest BCUT2D eigenvalue weighted by Gasteiger charge is 2.13. The lowest BCUT2D eigenvalue weighted by atomic mass is 10.1. The van der Waals surface area contributed by atoms with Gasteiger partial charge < -0.3 is 28.6 Å². The molecular weight excluding hydrogens is 446 g/mol. The van der Waals surface area contributed by atoms with Crippen molar-refractivity contribution < 1.29 is 28.5 Å². The van der Waals surface area contributed by atoms with Gasteiger partial charge in [-0.1, -0.05) is 17.8 Å². The molecule has 0 aliphatic heterocycles. The lowest BCUT2D eigenvalue weighted by Gasteiger charge is -2.20. The van der Waals surface area contributed by atoms with Crippen molar-refractivity contribution in [2.75, 3.05) is 39.8 Å². The Morgan fingerprint density at radius 1 is 1.09 bits per heavy atom. The van der Waals surface area contributed by atoms with Crippen molar-refractivity contribution in [1.82, 2.24) is 9.97 Å². The van der Waals surface area contributed by atoms with Gasteiger partial charge in [0, 0.05) is 26.8 Å². The third kappa shape index (κ3) is 6.62. The van der Waals surface area contributed by atoms with Crippen molar-refractivity contribution in [3.63, 3.8) is 0 Å². The molecule has 0 saturated heterocycles. The van der Waals surface area contributed by atoms with E-state index >= 15 is 0 Å². The van der Waals surface area contributed by atoms with Crippen LogP contribution in [0.2, 0.25) is 0 Å². The molecule has 0 amide bonds. The van der Waals surface area contributed by atoms with Crippen molar-refractivity contribution >= 4 is 23.5 Å². The zero-order valence-corrected chi connectivity index (χ0v) is 19.8. The number of aromatic nitrogens is 2. The first-order valence-electron chi connectivity index (χ1n) is 10.2. The molecule has 2 aromatic heterocycles. The topological polar surface area (TPSA) is 107 Å². The molecule has 2 heterocycles. The van der Waals surface area contributed by atoms with Gasteiger partial charge in [0.25, 0.3) is 0 Å². The van der Waals surface area contributed by atoms with E-state index in [1.807, 2.05) is 31.3 Å². The van der Waals surface area contributed by atoms with Crippen LogP contribution in [-0.4, -0.2) is 56.0 Å². The Kier molecular flexibility index (Phi) is 8.56. The van der Waals surface area contributed by atoms with Crippen LogP contribution < -0.4 is 14.4 Å². The van der Waals surface area contributed by atoms with Crippen molar-refractivity contribution in [2.45, 2.75) is 23.9 Å². The van der Waals surface area contributed by atoms with Gasteiger partial charge in [-0.25, -0.2) is 14.8 Å². The lowest BCUT2D eigenvalue weighted by molar-refractivity contribution is 0.0661. The Labute approximate surface area is 196 Å². The Morgan fingerprint density at radius 3 is 2.55 bits per heavy atom. The van der Waals surface area contributed by atoms with Gasteiger partial charge in [0.2, 0.25) is 5.76 Å². The smallest absolute Gasteiger partial charge is 0.371 e. The summed E-state index contributed by atoms with van der Waals surface area (Å²) in [6.07, 6.45) is 0.785. The van der Waals surface area contributed by atoms with E-state index in [1.165, 1.54) is 17.8 Å². The molecule has 0 spiro atoms. The van der Waals surface area contributed by atoms with Crippen LogP contribution in [-0.2, 0) is 23.5 Å². The predicted molar refractivity (Wildman–Crippen MR) is 124 cm³/mol. The maximum Gasteiger partial charge on any atom is 0.371 e. The summed E-state index contributed by atoms with van der Waals surface area (Å²) in [5.41, 5.74) is 1.88. The van der Waals surface area contributed by atoms with Gasteiger partial charge in [0.15, 0.2) is 16.7 Å². The number of carboxylic acids is 1. The van der Waals surface area contributed by atoms with Crippen molar-refractivity contribution in [2.24, 2.45) is 0 Å². The molecule has 0 fully saturated rings. The van der Waals surface area contributed by atoms with Gasteiger partial charge in [0.05, 0.1) is 32.3 Å². The minimum Gasteiger partial charge on any atom is -0.493 e. The number of furan rings is 1. The van der Waals surface area contributed by atoms with Crippen molar-refractivity contribution in [1.29, 1.82) is 0 Å². The first-order valence-corrected chi connectivity index (χ1v) is 11.2. The van der Waals surface area contributed by atoms with Gasteiger partial charge in [-0.05, 0) is 36.2 Å². The first kappa shape index (κ1) is 24.4. The highest BCUT2D eigenvalue weighted by molar-refractivity contribution is 7.98. The van der Waals surface area contributed by atoms with Crippen LogP contribution in [0.1, 0.15) is 27.6 Å². The number of hydrogen-bond donors (Lipinski definition) is 1. The number of ether oxygens (including phenoxy) is 3. The number of aromatic carboxylic acids is 1. The number of benzene rings is 1. The summed E-state index contributed by atoms with van der Waals surface area (Å²) < 4.78 is 21.3. The number of carbonyl (C=O) groups is 1. The standard InChI is InChI=1S/C23H27N3O6S/c1-26(10-9-15-5-7-18(30-3)20(11-15)31-4)21-12-16(13-29-2)24-23(25-21)33-14-17-6-8-19(32-17)22(27)28/h5-8,11-12H,9-10,13-14H2,1-4H3,(H,27,28). The average molecular weight is 474 g/mol. The molecule has 1 N–H and O–H groups in total. The highest BCUT2D eigenvalue weighted by atomic mass is 32.2. The largest absolute Gasteiger partial charge is 0.493 e. The second-order valence-corrected chi connectivity index (χ2v) is 8.10. The molecule has 0 aliphatic carbocycles. The van der Waals surface area contributed by atoms with Crippen LogP contribution in [0.4, 0.5) is 5.82 Å². The normalized spacial score (nSPS) is 10.8. The van der Waals surface area contributed by atoms with E-state index in [4.69, 9.17) is 23.7 Å². The quantitative estimate of drug-likeness (QED) is 0.307. The molecule has 3 rings (SSSR count). The van der Waals surface area contributed by atoms with E-state index < -0.39 is 5.97 Å². The number of carboxylic acid groups (broad SMARTS) is 1. The summed E-state index contributed by atoms with van der Waals surface area (Å²) >= 11 is 1.37. The molecule has 0 unspecified atom stereocenters. The number of rotatable bonds is 12. The summed E-state index contributed by atoms with van der Waals surface area (Å²) in [6.45, 7) is 1.08. The van der Waals surface area contributed by atoms with Crippen LogP contribution in [0.15, 0.2) is 46.0 Å². The van der Waals surface area contributed by atoms with Crippen LogP contribution in [0.25, 0.3) is 0 Å². The molecule has 9 nitrogen and oxygen atoms in total. The van der Waals surface area contributed by atoms with Crippen LogP contribution in [0.3, 0.4) is 0 Å². The Balaban J connectivity index is 1.70. The highest BCUT2D eigenvalue weighted by Crippen LogP contribution is 2.28. The minimum absolute atomic E-state index is 0.0877. The van der Waals surface area contributed by atoms with Gasteiger partial charge in [-0.15, -0.1) is 0 Å². The third-order valence-electron chi connectivity index (χ3n) is 4.83. The van der Waals surface area contributed by atoms with Crippen LogP contribution >= 0.6 is 11.8 Å². The third-order valence-corrected chi connectivity index (χ3v) is 5.70. The second-order valence-electron chi connectivity index (χ2n) is 7.15. The molecule has 0 saturated carbocycles. The fraction of sp³-hybridized carbons (Fsp3) is 0.348. The average Bonchev–Trinajstić information content (AvgIpc) is 3.30. The van der Waals surface area contributed by atoms with Crippen molar-refractivity contribution in [3.8, 4) is 11.5 Å². The van der Waals surface area contributed by atoms with Gasteiger partial charge in [-0.3, -0.25) is 0 Å². The number of anilines is 1. The van der Waals surface area contributed by atoms with Gasteiger partial charge in [-0.2, -0.15) is 0 Å². The fourth-order valence-corrected chi connectivity index (χ4v) is 3.86. The number of methoxy groups -OCH3 is 3. The molecule has 0 radical (unpaired) electrons. The number of hydrogen-bond acceptors (Lipinski definition) is 9. The van der Waals surface area contributed by atoms with E-state index in [9.17, 15) is 4.79 Å². The Hall–Kier alpha value is -3.24. The summed E-state index contributed by atoms with van der Waals surface area (Å²) in [5.74, 6) is 1.94. The SMILES string of the molecule is COCc1cc(N(C)CCc2ccc(OC)c(OC)c2)nc(SCc2ccc(C(=O)O)o2)n1. The Bertz CT molecular complexity index is 1090. The van der Waals surface area contributed by atoms with Crippen molar-refractivity contribution in [3.05, 3.63) is 59.2 Å². The molecule has 3 aromatic rings. The molecule has 0 atom stereocenters. The molecule has 1 aromatic carbocycles. The van der Waals surface area contributed by atoms with Crippen LogP contribution in [0, 0.1) is 0 Å². The second kappa shape index (κ2) is 11.6. The zero-order valence-electron chi connectivity index (χ0n) is 19.0.